The van der Waals surface area contributed by atoms with Crippen molar-refractivity contribution in [2.45, 2.75) is 6.92 Å². The number of nitrogens with zero attached hydrogens (tertiary/aromatic N) is 2. The lowest BCUT2D eigenvalue weighted by Crippen LogP contribution is -2.06. The van der Waals surface area contributed by atoms with Crippen molar-refractivity contribution in [2.75, 3.05) is 0 Å². The number of H-pyrrole nitrogens is 1. The number of nitrogens with one attached hydrogen (secondary N) is 1. The van der Waals surface area contributed by atoms with Gasteiger partial charge in [0, 0.05) is 12.5 Å². The molecule has 0 saturated heterocycles. The van der Waals surface area contributed by atoms with Crippen LogP contribution in [0.25, 0.3) is 0 Å². The molecule has 0 atom stereocenters. The molecule has 1 N–H and O–H groups in total. The van der Waals surface area contributed by atoms with E-state index in [2.05, 4.69) is 9.97 Å². The highest BCUT2D eigenvalue weighted by molar-refractivity contribution is 6.35. The molecule has 0 bridgehead atoms. The molecule has 0 spiro atoms. The van der Waals surface area contributed by atoms with Crippen molar-refractivity contribution in [1.29, 1.82) is 0 Å². The normalized spacial score (nSPS) is 10.3. The number of halogens is 1. The molecule has 92 valence electrons. The minimum Gasteiger partial charge on any atom is -0.358 e. The number of imidazole rings is 1. The van der Waals surface area contributed by atoms with Crippen LogP contribution in [0.2, 0.25) is 5.02 Å². The topological polar surface area (TPSA) is 88.9 Å². The smallest absolute Gasteiger partial charge is 0.352 e. The molecular weight excluding hydrogens is 258 g/mol. The Morgan fingerprint density at radius 1 is 1.44 bits per heavy atom. The fraction of sp³-hybridized carbons (Fsp3) is 0.0909. The minimum atomic E-state index is -0.677. The summed E-state index contributed by atoms with van der Waals surface area (Å²) in [6, 6.07) is 6.34. The number of rotatable bonds is 3. The third-order valence-electron chi connectivity index (χ3n) is 2.32. The molecule has 0 radical (unpaired) electrons. The fourth-order valence-corrected chi connectivity index (χ4v) is 1.76. The van der Waals surface area contributed by atoms with Gasteiger partial charge in [-0.15, -0.1) is 0 Å². The van der Waals surface area contributed by atoms with Gasteiger partial charge >= 0.3 is 5.82 Å². The van der Waals surface area contributed by atoms with Gasteiger partial charge in [0.2, 0.25) is 11.5 Å². The highest BCUT2D eigenvalue weighted by Crippen LogP contribution is 2.23. The Morgan fingerprint density at radius 3 is 2.72 bits per heavy atom. The van der Waals surface area contributed by atoms with Crippen LogP contribution < -0.4 is 0 Å². The SMILES string of the molecule is Cc1nc(C(=O)c2ccccc2Cl)c([N+](=O)[O-])[nH]1. The molecule has 0 saturated carbocycles. The van der Waals surface area contributed by atoms with Crippen molar-refractivity contribution in [2.24, 2.45) is 0 Å². The summed E-state index contributed by atoms with van der Waals surface area (Å²) in [5.41, 5.74) is -0.0423. The summed E-state index contributed by atoms with van der Waals surface area (Å²) >= 11 is 5.88. The van der Waals surface area contributed by atoms with Gasteiger partial charge in [-0.1, -0.05) is 23.7 Å². The highest BCUT2D eigenvalue weighted by Gasteiger charge is 2.26. The van der Waals surface area contributed by atoms with Crippen molar-refractivity contribution in [3.05, 3.63) is 56.5 Å². The van der Waals surface area contributed by atoms with E-state index in [1.807, 2.05) is 0 Å². The molecule has 0 aliphatic heterocycles. The zero-order chi connectivity index (χ0) is 13.3. The van der Waals surface area contributed by atoms with Gasteiger partial charge in [-0.3, -0.25) is 4.79 Å². The summed E-state index contributed by atoms with van der Waals surface area (Å²) in [6.45, 7) is 1.54. The molecule has 1 heterocycles. The molecule has 0 unspecified atom stereocenters. The Kier molecular flexibility index (Phi) is 3.12. The zero-order valence-corrected chi connectivity index (χ0v) is 10.1. The Morgan fingerprint density at radius 2 is 2.11 bits per heavy atom. The number of aromatic amines is 1. The van der Waals surface area contributed by atoms with Crippen molar-refractivity contribution in [3.8, 4) is 0 Å². The molecule has 18 heavy (non-hydrogen) atoms. The molecule has 0 fully saturated rings. The average molecular weight is 266 g/mol. The van der Waals surface area contributed by atoms with E-state index in [4.69, 9.17) is 11.6 Å². The van der Waals surface area contributed by atoms with E-state index in [1.54, 1.807) is 18.2 Å². The van der Waals surface area contributed by atoms with Crippen LogP contribution >= 0.6 is 11.6 Å². The zero-order valence-electron chi connectivity index (χ0n) is 9.31. The predicted octanol–water partition coefficient (Wildman–Crippen LogP) is 2.51. The summed E-state index contributed by atoms with van der Waals surface area (Å²) in [4.78, 5) is 28.5. The molecule has 6 nitrogen and oxygen atoms in total. The standard InChI is InChI=1S/C11H8ClN3O3/c1-6-13-9(11(14-6)15(17)18)10(16)7-4-2-3-5-8(7)12/h2-5H,1H3,(H,13,14). The summed E-state index contributed by atoms with van der Waals surface area (Å²) in [7, 11) is 0. The number of ketones is 1. The van der Waals surface area contributed by atoms with Gasteiger partial charge in [0.15, 0.2) is 5.82 Å². The molecule has 0 aliphatic carbocycles. The summed E-state index contributed by atoms with van der Waals surface area (Å²) in [5.74, 6) is -0.689. The largest absolute Gasteiger partial charge is 0.358 e. The molecule has 2 rings (SSSR count). The van der Waals surface area contributed by atoms with Crippen LogP contribution in [0, 0.1) is 17.0 Å². The van der Waals surface area contributed by atoms with Crippen molar-refractivity contribution in [3.63, 3.8) is 0 Å². The van der Waals surface area contributed by atoms with E-state index in [0.29, 0.717) is 5.82 Å². The van der Waals surface area contributed by atoms with Crippen LogP contribution in [0.4, 0.5) is 5.82 Å². The number of aromatic nitrogens is 2. The number of carbonyl (C=O) groups is 1. The van der Waals surface area contributed by atoms with Crippen molar-refractivity contribution < 1.29 is 9.72 Å². The second kappa shape index (κ2) is 4.58. The number of hydrogen-bond acceptors (Lipinski definition) is 4. The van der Waals surface area contributed by atoms with Gasteiger partial charge in [-0.2, -0.15) is 0 Å². The van der Waals surface area contributed by atoms with Gasteiger partial charge in [0.1, 0.15) is 0 Å². The number of benzene rings is 1. The second-order valence-electron chi connectivity index (χ2n) is 3.59. The lowest BCUT2D eigenvalue weighted by molar-refractivity contribution is -0.389. The summed E-state index contributed by atoms with van der Waals surface area (Å²) in [6.07, 6.45) is 0. The monoisotopic (exact) mass is 265 g/mol. The van der Waals surface area contributed by atoms with Gasteiger partial charge in [-0.05, 0) is 17.1 Å². The van der Waals surface area contributed by atoms with Gasteiger partial charge in [-0.25, -0.2) is 9.97 Å². The average Bonchev–Trinajstić information content (AvgIpc) is 2.71. The van der Waals surface area contributed by atoms with Gasteiger partial charge < -0.3 is 10.1 Å². The van der Waals surface area contributed by atoms with Crippen molar-refractivity contribution in [1.82, 2.24) is 9.97 Å². The molecular formula is C11H8ClN3O3. The number of nitro groups is 1. The van der Waals surface area contributed by atoms with E-state index in [0.717, 1.165) is 0 Å². The predicted molar refractivity (Wildman–Crippen MR) is 64.9 cm³/mol. The third kappa shape index (κ3) is 2.10. The molecule has 1 aromatic carbocycles. The maximum Gasteiger partial charge on any atom is 0.352 e. The number of carbonyl (C=O) groups excluding carboxylic acids is 1. The first-order valence-corrected chi connectivity index (χ1v) is 5.38. The fourth-order valence-electron chi connectivity index (χ4n) is 1.54. The van der Waals surface area contributed by atoms with E-state index in [1.165, 1.54) is 13.0 Å². The molecule has 2 aromatic rings. The van der Waals surface area contributed by atoms with E-state index in [-0.39, 0.29) is 16.3 Å². The van der Waals surface area contributed by atoms with Crippen LogP contribution in [0.1, 0.15) is 21.9 Å². The molecule has 1 aromatic heterocycles. The quantitative estimate of drug-likeness (QED) is 0.524. The van der Waals surface area contributed by atoms with Gasteiger partial charge in [0.05, 0.1) is 5.02 Å². The van der Waals surface area contributed by atoms with Crippen molar-refractivity contribution >= 4 is 23.2 Å². The Hall–Kier alpha value is -2.21. The molecule has 0 aliphatic rings. The van der Waals surface area contributed by atoms with E-state index in [9.17, 15) is 14.9 Å². The molecule has 7 heteroatoms. The highest BCUT2D eigenvalue weighted by atomic mass is 35.5. The van der Waals surface area contributed by atoms with Crippen LogP contribution in [-0.2, 0) is 0 Å². The second-order valence-corrected chi connectivity index (χ2v) is 3.99. The first-order valence-electron chi connectivity index (χ1n) is 5.01. The number of aryl methyl sites for hydroxylation is 1. The maximum atomic E-state index is 12.1. The Bertz CT molecular complexity index is 636. The van der Waals surface area contributed by atoms with Crippen LogP contribution in [0.15, 0.2) is 24.3 Å². The number of hydrogen-bond donors (Lipinski definition) is 1. The Labute approximate surface area is 107 Å². The van der Waals surface area contributed by atoms with Gasteiger partial charge in [0.25, 0.3) is 0 Å². The lowest BCUT2D eigenvalue weighted by Gasteiger charge is -2.00. The van der Waals surface area contributed by atoms with Crippen LogP contribution in [0.3, 0.4) is 0 Å². The maximum absolute atomic E-state index is 12.1. The van der Waals surface area contributed by atoms with E-state index >= 15 is 0 Å². The lowest BCUT2D eigenvalue weighted by atomic mass is 10.1. The van der Waals surface area contributed by atoms with Crippen LogP contribution in [-0.4, -0.2) is 20.7 Å². The van der Waals surface area contributed by atoms with Crippen LogP contribution in [0.5, 0.6) is 0 Å². The first-order chi connectivity index (χ1) is 8.50. The van der Waals surface area contributed by atoms with E-state index < -0.39 is 16.5 Å². The summed E-state index contributed by atoms with van der Waals surface area (Å²) < 4.78 is 0. The summed E-state index contributed by atoms with van der Waals surface area (Å²) in [5, 5.41) is 11.0. The third-order valence-corrected chi connectivity index (χ3v) is 2.65. The first kappa shape index (κ1) is 12.3. The minimum absolute atomic E-state index is 0.189. The molecule has 0 amide bonds. The Balaban J connectivity index is 2.53.